The minimum Gasteiger partial charge on any atom is -0.340 e. The number of amides is 1. The predicted molar refractivity (Wildman–Crippen MR) is 70.7 cm³/mol. The third-order valence-electron chi connectivity index (χ3n) is 2.96. The second kappa shape index (κ2) is 5.83. The smallest absolute Gasteiger partial charge is 0.224 e. The number of nitrogens with two attached hydrogens (primary N) is 1. The molecule has 2 N–H and O–H groups in total. The number of carbonyl (C=O) groups is 1. The molecule has 0 aromatic carbocycles. The second-order valence-electron chi connectivity index (χ2n) is 6.24. The van der Waals surface area contributed by atoms with E-state index in [9.17, 15) is 4.79 Å². The van der Waals surface area contributed by atoms with Crippen molar-refractivity contribution in [3.05, 3.63) is 0 Å². The summed E-state index contributed by atoms with van der Waals surface area (Å²) in [6.45, 7) is 13.1. The molecule has 0 unspecified atom stereocenters. The first-order valence-corrected chi connectivity index (χ1v) is 6.57. The summed E-state index contributed by atoms with van der Waals surface area (Å²) in [5.41, 5.74) is 5.48. The van der Waals surface area contributed by atoms with Crippen LogP contribution in [0.3, 0.4) is 0 Å². The van der Waals surface area contributed by atoms with Crippen molar-refractivity contribution in [2.24, 2.45) is 11.7 Å². The fourth-order valence-corrected chi connectivity index (χ4v) is 2.20. The highest BCUT2D eigenvalue weighted by Crippen LogP contribution is 2.10. The lowest BCUT2D eigenvalue weighted by Crippen LogP contribution is -2.51. The maximum absolute atomic E-state index is 12.0. The van der Waals surface area contributed by atoms with Crippen molar-refractivity contribution >= 4 is 5.91 Å². The van der Waals surface area contributed by atoms with Crippen LogP contribution in [0.2, 0.25) is 0 Å². The molecule has 0 aliphatic carbocycles. The Kier molecular flexibility index (Phi) is 4.95. The van der Waals surface area contributed by atoms with Crippen LogP contribution in [0, 0.1) is 5.92 Å². The van der Waals surface area contributed by atoms with Gasteiger partial charge in [0.15, 0.2) is 0 Å². The van der Waals surface area contributed by atoms with Crippen LogP contribution in [0.1, 0.15) is 34.1 Å². The average Bonchev–Trinajstić information content (AvgIpc) is 2.15. The second-order valence-corrected chi connectivity index (χ2v) is 6.24. The van der Waals surface area contributed by atoms with Gasteiger partial charge in [0, 0.05) is 44.7 Å². The minimum absolute atomic E-state index is 0.196. The van der Waals surface area contributed by atoms with E-state index in [0.29, 0.717) is 12.3 Å². The van der Waals surface area contributed by atoms with Crippen LogP contribution in [0.25, 0.3) is 0 Å². The molecule has 0 radical (unpaired) electrons. The molecule has 1 aliphatic heterocycles. The molecule has 1 aliphatic rings. The summed E-state index contributed by atoms with van der Waals surface area (Å²) in [4.78, 5) is 16.4. The predicted octanol–water partition coefficient (Wildman–Crippen LogP) is 0.914. The van der Waals surface area contributed by atoms with Gasteiger partial charge < -0.3 is 10.6 Å². The molecule has 100 valence electrons. The summed E-state index contributed by atoms with van der Waals surface area (Å²) in [6, 6.07) is 0. The van der Waals surface area contributed by atoms with Crippen molar-refractivity contribution in [1.29, 1.82) is 0 Å². The van der Waals surface area contributed by atoms with E-state index in [-0.39, 0.29) is 5.91 Å². The van der Waals surface area contributed by atoms with Gasteiger partial charge in [0.1, 0.15) is 0 Å². The summed E-state index contributed by atoms with van der Waals surface area (Å²) < 4.78 is 0. The molecular weight excluding hydrogens is 214 g/mol. The number of hydrogen-bond donors (Lipinski definition) is 1. The SMILES string of the molecule is CC(C)CN1CCN(C(=O)CC(C)(C)N)CC1. The van der Waals surface area contributed by atoms with Crippen LogP contribution in [-0.2, 0) is 4.79 Å². The molecule has 1 fully saturated rings. The van der Waals surface area contributed by atoms with Crippen LogP contribution in [-0.4, -0.2) is 54.0 Å². The standard InChI is InChI=1S/C13H27N3O/c1-11(2)10-15-5-7-16(8-6-15)12(17)9-13(3,4)14/h11H,5-10,14H2,1-4H3. The topological polar surface area (TPSA) is 49.6 Å². The van der Waals surface area contributed by atoms with Crippen LogP contribution in [0.4, 0.5) is 0 Å². The Hall–Kier alpha value is -0.610. The molecular formula is C13H27N3O. The maximum Gasteiger partial charge on any atom is 0.224 e. The van der Waals surface area contributed by atoms with Crippen LogP contribution in [0.15, 0.2) is 0 Å². The number of hydrogen-bond acceptors (Lipinski definition) is 3. The van der Waals surface area contributed by atoms with Gasteiger partial charge >= 0.3 is 0 Å². The van der Waals surface area contributed by atoms with Gasteiger partial charge in [-0.05, 0) is 19.8 Å². The third kappa shape index (κ3) is 5.50. The van der Waals surface area contributed by atoms with E-state index >= 15 is 0 Å². The molecule has 1 heterocycles. The zero-order valence-electron chi connectivity index (χ0n) is 11.7. The lowest BCUT2D eigenvalue weighted by atomic mass is 10.0. The normalized spacial score (nSPS) is 18.8. The van der Waals surface area contributed by atoms with E-state index in [0.717, 1.165) is 32.7 Å². The van der Waals surface area contributed by atoms with Crippen molar-refractivity contribution in [3.63, 3.8) is 0 Å². The molecule has 0 bridgehead atoms. The van der Waals surface area contributed by atoms with Crippen molar-refractivity contribution in [2.75, 3.05) is 32.7 Å². The molecule has 0 saturated carbocycles. The zero-order valence-corrected chi connectivity index (χ0v) is 11.7. The van der Waals surface area contributed by atoms with Crippen molar-refractivity contribution in [2.45, 2.75) is 39.7 Å². The monoisotopic (exact) mass is 241 g/mol. The lowest BCUT2D eigenvalue weighted by molar-refractivity contribution is -0.134. The Morgan fingerprint density at radius 3 is 2.18 bits per heavy atom. The summed E-state index contributed by atoms with van der Waals surface area (Å²) >= 11 is 0. The van der Waals surface area contributed by atoms with Gasteiger partial charge in [-0.1, -0.05) is 13.8 Å². The maximum atomic E-state index is 12.0. The fourth-order valence-electron chi connectivity index (χ4n) is 2.20. The first-order valence-electron chi connectivity index (χ1n) is 6.57. The van der Waals surface area contributed by atoms with Gasteiger partial charge in [-0.2, -0.15) is 0 Å². The Morgan fingerprint density at radius 2 is 1.76 bits per heavy atom. The molecule has 0 spiro atoms. The van der Waals surface area contributed by atoms with Crippen LogP contribution in [0.5, 0.6) is 0 Å². The minimum atomic E-state index is -0.397. The molecule has 17 heavy (non-hydrogen) atoms. The summed E-state index contributed by atoms with van der Waals surface area (Å²) in [5.74, 6) is 0.891. The molecule has 1 rings (SSSR count). The molecule has 4 heteroatoms. The van der Waals surface area contributed by atoms with Gasteiger partial charge in [0.2, 0.25) is 5.91 Å². The summed E-state index contributed by atoms with van der Waals surface area (Å²) in [5, 5.41) is 0. The Morgan fingerprint density at radius 1 is 1.24 bits per heavy atom. The summed E-state index contributed by atoms with van der Waals surface area (Å²) in [6.07, 6.45) is 0.442. The Labute approximate surface area is 105 Å². The quantitative estimate of drug-likeness (QED) is 0.796. The Bertz CT molecular complexity index is 250. The number of nitrogens with zero attached hydrogens (tertiary/aromatic N) is 2. The zero-order chi connectivity index (χ0) is 13.1. The highest BCUT2D eigenvalue weighted by atomic mass is 16.2. The van der Waals surface area contributed by atoms with Gasteiger partial charge in [-0.3, -0.25) is 9.69 Å². The highest BCUT2D eigenvalue weighted by Gasteiger charge is 2.24. The van der Waals surface area contributed by atoms with Crippen molar-refractivity contribution < 1.29 is 4.79 Å². The van der Waals surface area contributed by atoms with E-state index in [1.54, 1.807) is 0 Å². The molecule has 4 nitrogen and oxygen atoms in total. The number of rotatable bonds is 4. The van der Waals surface area contributed by atoms with E-state index in [2.05, 4.69) is 18.7 Å². The van der Waals surface area contributed by atoms with Gasteiger partial charge in [0.05, 0.1) is 0 Å². The van der Waals surface area contributed by atoms with Crippen LogP contribution < -0.4 is 5.73 Å². The fraction of sp³-hybridized carbons (Fsp3) is 0.923. The van der Waals surface area contributed by atoms with E-state index < -0.39 is 5.54 Å². The molecule has 1 amide bonds. The Balaban J connectivity index is 2.34. The van der Waals surface area contributed by atoms with Crippen molar-refractivity contribution in [3.8, 4) is 0 Å². The van der Waals surface area contributed by atoms with Gasteiger partial charge in [0.25, 0.3) is 0 Å². The average molecular weight is 241 g/mol. The number of carbonyl (C=O) groups excluding carboxylic acids is 1. The van der Waals surface area contributed by atoms with Gasteiger partial charge in [-0.25, -0.2) is 0 Å². The first-order chi connectivity index (χ1) is 7.78. The number of piperazine rings is 1. The molecule has 0 aromatic rings. The first kappa shape index (κ1) is 14.5. The van der Waals surface area contributed by atoms with Gasteiger partial charge in [-0.15, -0.1) is 0 Å². The van der Waals surface area contributed by atoms with Crippen LogP contribution >= 0.6 is 0 Å². The van der Waals surface area contributed by atoms with E-state index in [1.165, 1.54) is 0 Å². The highest BCUT2D eigenvalue weighted by molar-refractivity contribution is 5.77. The van der Waals surface area contributed by atoms with E-state index in [1.807, 2.05) is 18.7 Å². The van der Waals surface area contributed by atoms with Crippen molar-refractivity contribution in [1.82, 2.24) is 9.80 Å². The molecule has 1 saturated heterocycles. The summed E-state index contributed by atoms with van der Waals surface area (Å²) in [7, 11) is 0. The van der Waals surface area contributed by atoms with E-state index in [4.69, 9.17) is 5.73 Å². The third-order valence-corrected chi connectivity index (χ3v) is 2.96. The lowest BCUT2D eigenvalue weighted by Gasteiger charge is -2.36. The largest absolute Gasteiger partial charge is 0.340 e. The molecule has 0 atom stereocenters. The molecule has 0 aromatic heterocycles.